The average Bonchev–Trinajstić information content (AvgIpc) is 2.09. The Morgan fingerprint density at radius 3 is 2.33 bits per heavy atom. The molecule has 0 unspecified atom stereocenters. The van der Waals surface area contributed by atoms with Gasteiger partial charge in [-0.3, -0.25) is 5.43 Å². The molecule has 0 saturated carbocycles. The van der Waals surface area contributed by atoms with Crippen molar-refractivity contribution >= 4 is 0 Å². The van der Waals surface area contributed by atoms with Crippen LogP contribution in [0.2, 0.25) is 0 Å². The molecule has 2 nitrogen and oxygen atoms in total. The van der Waals surface area contributed by atoms with Gasteiger partial charge in [0.05, 0.1) is 0 Å². The number of benzene rings is 1. The molecule has 0 bridgehead atoms. The normalized spacial score (nSPS) is 10.7. The lowest BCUT2D eigenvalue weighted by atomic mass is 10.1. The van der Waals surface area contributed by atoms with Crippen LogP contribution in [0, 0.1) is 6.92 Å². The lowest BCUT2D eigenvalue weighted by molar-refractivity contribution is 0.251. The summed E-state index contributed by atoms with van der Waals surface area (Å²) in [4.78, 5) is 0. The van der Waals surface area contributed by atoms with Gasteiger partial charge >= 0.3 is 0 Å². The fourth-order valence-electron chi connectivity index (χ4n) is 1.05. The van der Waals surface area contributed by atoms with Gasteiger partial charge in [0, 0.05) is 13.6 Å². The molecule has 0 amide bonds. The second-order valence-electron chi connectivity index (χ2n) is 3.07. The van der Waals surface area contributed by atoms with Gasteiger partial charge in [0.2, 0.25) is 0 Å². The summed E-state index contributed by atoms with van der Waals surface area (Å²) in [5.74, 6) is 0. The van der Waals surface area contributed by atoms with Gasteiger partial charge < -0.3 is 0 Å². The van der Waals surface area contributed by atoms with Gasteiger partial charge in [-0.1, -0.05) is 29.8 Å². The summed E-state index contributed by atoms with van der Waals surface area (Å²) in [5.41, 5.74) is 5.70. The van der Waals surface area contributed by atoms with Crippen LogP contribution < -0.4 is 5.43 Å². The van der Waals surface area contributed by atoms with E-state index >= 15 is 0 Å². The van der Waals surface area contributed by atoms with Crippen LogP contribution in [0.1, 0.15) is 11.1 Å². The maximum atomic E-state index is 3.06. The third kappa shape index (κ3) is 2.64. The third-order valence-corrected chi connectivity index (χ3v) is 1.92. The smallest absolute Gasteiger partial charge is 0.0378 e. The van der Waals surface area contributed by atoms with E-state index in [-0.39, 0.29) is 0 Å². The van der Waals surface area contributed by atoms with E-state index in [4.69, 9.17) is 0 Å². The maximum absolute atomic E-state index is 3.06. The molecular formula is C10H16N2. The van der Waals surface area contributed by atoms with Crippen LogP contribution >= 0.6 is 0 Å². The lowest BCUT2D eigenvalue weighted by Crippen LogP contribution is -2.29. The van der Waals surface area contributed by atoms with Crippen LogP contribution in [-0.2, 0) is 6.54 Å². The minimum absolute atomic E-state index is 0.941. The molecule has 0 spiro atoms. The number of nitrogens with one attached hydrogen (secondary N) is 1. The van der Waals surface area contributed by atoms with Crippen molar-refractivity contribution in [2.75, 3.05) is 14.1 Å². The quantitative estimate of drug-likeness (QED) is 0.682. The molecule has 0 radical (unpaired) electrons. The zero-order valence-corrected chi connectivity index (χ0v) is 7.96. The molecule has 1 rings (SSSR count). The Balaban J connectivity index is 2.58. The standard InChI is InChI=1S/C10H16N2/c1-9-4-6-10(7-5-9)8-12(3)11-2/h4-7,11H,8H2,1-3H3. The van der Waals surface area contributed by atoms with Crippen molar-refractivity contribution in [1.29, 1.82) is 0 Å². The summed E-state index contributed by atoms with van der Waals surface area (Å²) in [5, 5.41) is 2.05. The largest absolute Gasteiger partial charge is 0.258 e. The highest BCUT2D eigenvalue weighted by atomic mass is 15.5. The first-order chi connectivity index (χ1) is 5.72. The SMILES string of the molecule is CNN(C)Cc1ccc(C)cc1. The Hall–Kier alpha value is -0.860. The van der Waals surface area contributed by atoms with Crippen molar-refractivity contribution in [3.8, 4) is 0 Å². The first-order valence-corrected chi connectivity index (χ1v) is 4.16. The molecule has 0 heterocycles. The lowest BCUT2D eigenvalue weighted by Gasteiger charge is -2.14. The molecule has 0 aliphatic carbocycles. The summed E-state index contributed by atoms with van der Waals surface area (Å²) >= 11 is 0. The van der Waals surface area contributed by atoms with Crippen LogP contribution in [0.25, 0.3) is 0 Å². The topological polar surface area (TPSA) is 15.3 Å². The van der Waals surface area contributed by atoms with E-state index in [0.29, 0.717) is 0 Å². The van der Waals surface area contributed by atoms with E-state index in [2.05, 4.69) is 36.6 Å². The minimum atomic E-state index is 0.941. The monoisotopic (exact) mass is 164 g/mol. The molecular weight excluding hydrogens is 148 g/mol. The average molecular weight is 164 g/mol. The Kier molecular flexibility index (Phi) is 3.26. The number of aryl methyl sites for hydroxylation is 1. The van der Waals surface area contributed by atoms with Crippen LogP contribution in [0.3, 0.4) is 0 Å². The summed E-state index contributed by atoms with van der Waals surface area (Å²) in [6.07, 6.45) is 0. The highest BCUT2D eigenvalue weighted by Gasteiger charge is 1.95. The fraction of sp³-hybridized carbons (Fsp3) is 0.400. The predicted octanol–water partition coefficient (Wildman–Crippen LogP) is 1.56. The second-order valence-corrected chi connectivity index (χ2v) is 3.07. The van der Waals surface area contributed by atoms with Gasteiger partial charge in [-0.25, -0.2) is 5.01 Å². The summed E-state index contributed by atoms with van der Waals surface area (Å²) in [7, 11) is 3.95. The number of nitrogens with zero attached hydrogens (tertiary/aromatic N) is 1. The van der Waals surface area contributed by atoms with Crippen molar-refractivity contribution in [3.05, 3.63) is 35.4 Å². The van der Waals surface area contributed by atoms with Crippen molar-refractivity contribution < 1.29 is 0 Å². The number of hydrogen-bond acceptors (Lipinski definition) is 2. The van der Waals surface area contributed by atoms with Gasteiger partial charge in [-0.15, -0.1) is 0 Å². The summed E-state index contributed by atoms with van der Waals surface area (Å²) < 4.78 is 0. The number of rotatable bonds is 3. The van der Waals surface area contributed by atoms with E-state index in [0.717, 1.165) is 6.54 Å². The number of hydrazine groups is 1. The first-order valence-electron chi connectivity index (χ1n) is 4.16. The van der Waals surface area contributed by atoms with Gasteiger partial charge in [0.1, 0.15) is 0 Å². The van der Waals surface area contributed by atoms with Gasteiger partial charge in [0.25, 0.3) is 0 Å². The molecule has 2 heteroatoms. The molecule has 12 heavy (non-hydrogen) atoms. The van der Waals surface area contributed by atoms with Crippen molar-refractivity contribution in [1.82, 2.24) is 10.4 Å². The number of hydrogen-bond donors (Lipinski definition) is 1. The summed E-state index contributed by atoms with van der Waals surface area (Å²) in [6.45, 7) is 3.04. The zero-order valence-electron chi connectivity index (χ0n) is 7.96. The molecule has 1 aromatic carbocycles. The Morgan fingerprint density at radius 1 is 1.25 bits per heavy atom. The molecule has 1 N–H and O–H groups in total. The highest BCUT2D eigenvalue weighted by molar-refractivity contribution is 5.20. The van der Waals surface area contributed by atoms with Crippen LogP contribution in [0.15, 0.2) is 24.3 Å². The van der Waals surface area contributed by atoms with Crippen LogP contribution in [0.4, 0.5) is 0 Å². The molecule has 0 atom stereocenters. The molecule has 0 aliphatic rings. The van der Waals surface area contributed by atoms with E-state index in [1.165, 1.54) is 11.1 Å². The van der Waals surface area contributed by atoms with Crippen molar-refractivity contribution in [3.63, 3.8) is 0 Å². The summed E-state index contributed by atoms with van der Waals surface area (Å²) in [6, 6.07) is 8.59. The van der Waals surface area contributed by atoms with E-state index < -0.39 is 0 Å². The Morgan fingerprint density at radius 2 is 1.83 bits per heavy atom. The van der Waals surface area contributed by atoms with Crippen LogP contribution in [-0.4, -0.2) is 19.1 Å². The highest BCUT2D eigenvalue weighted by Crippen LogP contribution is 2.04. The molecule has 0 fully saturated rings. The van der Waals surface area contributed by atoms with Gasteiger partial charge in [0.15, 0.2) is 0 Å². The van der Waals surface area contributed by atoms with Gasteiger partial charge in [-0.2, -0.15) is 0 Å². The third-order valence-electron chi connectivity index (χ3n) is 1.92. The molecule has 0 saturated heterocycles. The van der Waals surface area contributed by atoms with Gasteiger partial charge in [-0.05, 0) is 19.5 Å². The van der Waals surface area contributed by atoms with Crippen LogP contribution in [0.5, 0.6) is 0 Å². The zero-order chi connectivity index (χ0) is 8.97. The maximum Gasteiger partial charge on any atom is 0.0378 e. The molecule has 66 valence electrons. The Bertz CT molecular complexity index is 228. The second kappa shape index (κ2) is 4.24. The molecule has 1 aromatic rings. The molecule has 0 aliphatic heterocycles. The first kappa shape index (κ1) is 9.23. The fourth-order valence-corrected chi connectivity index (χ4v) is 1.05. The Labute approximate surface area is 74.2 Å². The molecule has 0 aromatic heterocycles. The van der Waals surface area contributed by atoms with E-state index in [9.17, 15) is 0 Å². The minimum Gasteiger partial charge on any atom is -0.258 e. The predicted molar refractivity (Wildman–Crippen MR) is 51.7 cm³/mol. The van der Waals surface area contributed by atoms with E-state index in [1.807, 2.05) is 19.1 Å². The van der Waals surface area contributed by atoms with Crippen molar-refractivity contribution in [2.24, 2.45) is 0 Å². The van der Waals surface area contributed by atoms with Crippen molar-refractivity contribution in [2.45, 2.75) is 13.5 Å². The van der Waals surface area contributed by atoms with E-state index in [1.54, 1.807) is 0 Å².